The first-order valence-electron chi connectivity index (χ1n) is 7.19. The van der Waals surface area contributed by atoms with E-state index in [4.69, 9.17) is 0 Å². The minimum atomic E-state index is 0.123. The number of Topliss-reactive ketones (excluding diaryl/α,β-unsaturated/α-hetero) is 1. The highest BCUT2D eigenvalue weighted by molar-refractivity contribution is 5.97. The van der Waals surface area contributed by atoms with Gasteiger partial charge in [0.05, 0.1) is 0 Å². The lowest BCUT2D eigenvalue weighted by atomic mass is 9.99. The highest BCUT2D eigenvalue weighted by Gasteiger charge is 2.06. The van der Waals surface area contributed by atoms with E-state index in [1.54, 1.807) is 12.1 Å². The molecule has 0 atom stereocenters. The van der Waals surface area contributed by atoms with E-state index in [-0.39, 0.29) is 11.5 Å². The summed E-state index contributed by atoms with van der Waals surface area (Å²) in [4.78, 5) is 12.2. The molecule has 0 aliphatic carbocycles. The lowest BCUT2D eigenvalue weighted by molar-refractivity contribution is 0.0993. The molecule has 0 bridgehead atoms. The first-order valence-corrected chi connectivity index (χ1v) is 7.19. The molecular weight excluding hydrogens is 272 g/mol. The SMILES string of the molecule is O=C(Cc1ccc(-c2ccc(O)cc2)cc1)c1ccccc1. The number of carbonyl (C=O) groups is 1. The molecule has 0 aliphatic rings. The van der Waals surface area contributed by atoms with Gasteiger partial charge in [-0.3, -0.25) is 4.79 Å². The van der Waals surface area contributed by atoms with Crippen LogP contribution in [0.2, 0.25) is 0 Å². The second-order valence-electron chi connectivity index (χ2n) is 5.21. The van der Waals surface area contributed by atoms with Crippen molar-refractivity contribution in [1.29, 1.82) is 0 Å². The number of hydrogen-bond acceptors (Lipinski definition) is 2. The van der Waals surface area contributed by atoms with Crippen LogP contribution in [0.4, 0.5) is 0 Å². The summed E-state index contributed by atoms with van der Waals surface area (Å²) >= 11 is 0. The van der Waals surface area contributed by atoms with E-state index in [1.165, 1.54) is 0 Å². The van der Waals surface area contributed by atoms with Crippen molar-refractivity contribution < 1.29 is 9.90 Å². The molecule has 0 fully saturated rings. The minimum Gasteiger partial charge on any atom is -0.508 e. The van der Waals surface area contributed by atoms with Crippen molar-refractivity contribution in [1.82, 2.24) is 0 Å². The van der Waals surface area contributed by atoms with Gasteiger partial charge in [-0.05, 0) is 28.8 Å². The lowest BCUT2D eigenvalue weighted by Gasteiger charge is -2.05. The van der Waals surface area contributed by atoms with Gasteiger partial charge in [0.25, 0.3) is 0 Å². The van der Waals surface area contributed by atoms with E-state index in [2.05, 4.69) is 0 Å². The van der Waals surface area contributed by atoms with Crippen molar-refractivity contribution in [3.63, 3.8) is 0 Å². The fourth-order valence-electron chi connectivity index (χ4n) is 2.38. The quantitative estimate of drug-likeness (QED) is 0.718. The van der Waals surface area contributed by atoms with Crippen LogP contribution < -0.4 is 0 Å². The van der Waals surface area contributed by atoms with E-state index in [9.17, 15) is 9.90 Å². The molecule has 0 saturated heterocycles. The number of ketones is 1. The molecule has 0 saturated carbocycles. The molecule has 3 aromatic carbocycles. The predicted octanol–water partition coefficient (Wildman–Crippen LogP) is 4.48. The summed E-state index contributed by atoms with van der Waals surface area (Å²) in [6.45, 7) is 0. The van der Waals surface area contributed by atoms with Crippen LogP contribution in [0.3, 0.4) is 0 Å². The van der Waals surface area contributed by atoms with Crippen molar-refractivity contribution in [2.24, 2.45) is 0 Å². The van der Waals surface area contributed by atoms with Gasteiger partial charge < -0.3 is 5.11 Å². The first-order chi connectivity index (χ1) is 10.7. The molecule has 0 radical (unpaired) electrons. The molecule has 22 heavy (non-hydrogen) atoms. The molecule has 3 rings (SSSR count). The number of benzene rings is 3. The predicted molar refractivity (Wildman–Crippen MR) is 88.0 cm³/mol. The van der Waals surface area contributed by atoms with Crippen molar-refractivity contribution in [2.75, 3.05) is 0 Å². The zero-order valence-corrected chi connectivity index (χ0v) is 12.1. The Morgan fingerprint density at radius 1 is 0.727 bits per heavy atom. The van der Waals surface area contributed by atoms with Crippen LogP contribution in [0.5, 0.6) is 5.75 Å². The molecule has 1 N–H and O–H groups in total. The molecule has 2 nitrogen and oxygen atoms in total. The monoisotopic (exact) mass is 288 g/mol. The summed E-state index contributed by atoms with van der Waals surface area (Å²) in [5, 5.41) is 9.32. The average molecular weight is 288 g/mol. The number of carbonyl (C=O) groups excluding carboxylic acids is 1. The first kappa shape index (κ1) is 14.1. The molecule has 0 aliphatic heterocycles. The van der Waals surface area contributed by atoms with Crippen molar-refractivity contribution in [3.05, 3.63) is 90.0 Å². The Hall–Kier alpha value is -2.87. The topological polar surface area (TPSA) is 37.3 Å². The Labute approximate surface area is 129 Å². The Morgan fingerprint density at radius 2 is 1.27 bits per heavy atom. The fraction of sp³-hybridized carbons (Fsp3) is 0.0500. The summed E-state index contributed by atoms with van der Waals surface area (Å²) in [6, 6.07) is 24.4. The average Bonchev–Trinajstić information content (AvgIpc) is 2.57. The van der Waals surface area contributed by atoms with Gasteiger partial charge in [-0.15, -0.1) is 0 Å². The molecule has 3 aromatic rings. The second kappa shape index (κ2) is 6.27. The van der Waals surface area contributed by atoms with Crippen LogP contribution in [0.1, 0.15) is 15.9 Å². The largest absolute Gasteiger partial charge is 0.508 e. The lowest BCUT2D eigenvalue weighted by Crippen LogP contribution is -2.02. The van der Waals surface area contributed by atoms with Gasteiger partial charge in [-0.2, -0.15) is 0 Å². The minimum absolute atomic E-state index is 0.123. The molecule has 0 heterocycles. The van der Waals surface area contributed by atoms with E-state index in [0.717, 1.165) is 22.3 Å². The summed E-state index contributed by atoms with van der Waals surface area (Å²) in [7, 11) is 0. The van der Waals surface area contributed by atoms with Gasteiger partial charge in [0.1, 0.15) is 5.75 Å². The summed E-state index contributed by atoms with van der Waals surface area (Å²) in [5.41, 5.74) is 3.84. The third kappa shape index (κ3) is 3.23. The van der Waals surface area contributed by atoms with Gasteiger partial charge in [-0.25, -0.2) is 0 Å². The van der Waals surface area contributed by atoms with Crippen molar-refractivity contribution in [2.45, 2.75) is 6.42 Å². The Bertz CT molecular complexity index is 757. The van der Waals surface area contributed by atoms with E-state index < -0.39 is 0 Å². The highest BCUT2D eigenvalue weighted by Crippen LogP contribution is 2.22. The third-order valence-corrected chi connectivity index (χ3v) is 3.62. The maximum atomic E-state index is 12.2. The number of aromatic hydroxyl groups is 1. The summed E-state index contributed by atoms with van der Waals surface area (Å²) < 4.78 is 0. The van der Waals surface area contributed by atoms with Crippen LogP contribution in [-0.2, 0) is 6.42 Å². The number of phenolic OH excluding ortho intramolecular Hbond substituents is 1. The van der Waals surface area contributed by atoms with Crippen LogP contribution in [0.25, 0.3) is 11.1 Å². The molecule has 0 unspecified atom stereocenters. The molecule has 0 amide bonds. The Morgan fingerprint density at radius 3 is 1.86 bits per heavy atom. The fourth-order valence-corrected chi connectivity index (χ4v) is 2.38. The zero-order chi connectivity index (χ0) is 15.4. The number of hydrogen-bond donors (Lipinski definition) is 1. The van der Waals surface area contributed by atoms with E-state index in [0.29, 0.717) is 6.42 Å². The van der Waals surface area contributed by atoms with Gasteiger partial charge in [0.15, 0.2) is 5.78 Å². The van der Waals surface area contributed by atoms with Crippen LogP contribution in [0.15, 0.2) is 78.9 Å². The number of rotatable bonds is 4. The summed E-state index contributed by atoms with van der Waals surface area (Å²) in [5.74, 6) is 0.381. The standard InChI is InChI=1S/C20H16O2/c21-19-12-10-17(11-13-19)16-8-6-15(7-9-16)14-20(22)18-4-2-1-3-5-18/h1-13,21H,14H2. The van der Waals surface area contributed by atoms with Gasteiger partial charge in [0, 0.05) is 12.0 Å². The number of phenols is 1. The smallest absolute Gasteiger partial charge is 0.167 e. The Kier molecular flexibility index (Phi) is 4.01. The van der Waals surface area contributed by atoms with Gasteiger partial charge >= 0.3 is 0 Å². The Balaban J connectivity index is 1.74. The summed E-state index contributed by atoms with van der Waals surface area (Å²) in [6.07, 6.45) is 0.403. The molecule has 0 spiro atoms. The molecule has 0 aromatic heterocycles. The maximum absolute atomic E-state index is 12.2. The maximum Gasteiger partial charge on any atom is 0.167 e. The molecule has 108 valence electrons. The highest BCUT2D eigenvalue weighted by atomic mass is 16.3. The van der Waals surface area contributed by atoms with E-state index in [1.807, 2.05) is 66.7 Å². The zero-order valence-electron chi connectivity index (χ0n) is 12.1. The van der Waals surface area contributed by atoms with Gasteiger partial charge in [-0.1, -0.05) is 66.7 Å². The second-order valence-corrected chi connectivity index (χ2v) is 5.21. The third-order valence-electron chi connectivity index (χ3n) is 3.62. The molecule has 2 heteroatoms. The van der Waals surface area contributed by atoms with Crippen LogP contribution in [-0.4, -0.2) is 10.9 Å². The normalized spacial score (nSPS) is 10.4. The van der Waals surface area contributed by atoms with Gasteiger partial charge in [0.2, 0.25) is 0 Å². The molecular formula is C20H16O2. The van der Waals surface area contributed by atoms with Crippen LogP contribution >= 0.6 is 0 Å². The van der Waals surface area contributed by atoms with Crippen molar-refractivity contribution >= 4 is 5.78 Å². The van der Waals surface area contributed by atoms with E-state index >= 15 is 0 Å². The van der Waals surface area contributed by atoms with Crippen molar-refractivity contribution in [3.8, 4) is 16.9 Å². The van der Waals surface area contributed by atoms with Crippen LogP contribution in [0, 0.1) is 0 Å².